The van der Waals surface area contributed by atoms with Crippen LogP contribution in [0.2, 0.25) is 0 Å². The van der Waals surface area contributed by atoms with Gasteiger partial charge < -0.3 is 19.3 Å². The molecule has 0 saturated carbocycles. The first-order chi connectivity index (χ1) is 11.7. The minimum Gasteiger partial charge on any atom is -0.497 e. The summed E-state index contributed by atoms with van der Waals surface area (Å²) >= 11 is 1.68. The monoisotopic (exact) mass is 350 g/mol. The van der Waals surface area contributed by atoms with Crippen LogP contribution < -0.4 is 9.47 Å². The van der Waals surface area contributed by atoms with E-state index in [-0.39, 0.29) is 11.3 Å². The van der Waals surface area contributed by atoms with Crippen LogP contribution in [-0.4, -0.2) is 61.9 Å². The summed E-state index contributed by atoms with van der Waals surface area (Å²) in [5.74, 6) is 2.31. The molecular formula is C18H26N2O3S. The van der Waals surface area contributed by atoms with Crippen LogP contribution in [0.3, 0.4) is 0 Å². The van der Waals surface area contributed by atoms with Crippen LogP contribution in [0, 0.1) is 0 Å². The molecule has 0 bridgehead atoms. The first kappa shape index (κ1) is 17.4. The third-order valence-electron chi connectivity index (χ3n) is 4.70. The Morgan fingerprint density at radius 1 is 1.08 bits per heavy atom. The topological polar surface area (TPSA) is 42.0 Å². The first-order valence-electron chi connectivity index (χ1n) is 8.57. The second kappa shape index (κ2) is 8.12. The molecule has 132 valence electrons. The van der Waals surface area contributed by atoms with Crippen LogP contribution in [0.15, 0.2) is 18.2 Å². The van der Waals surface area contributed by atoms with Crippen molar-refractivity contribution in [1.82, 2.24) is 9.80 Å². The highest BCUT2D eigenvalue weighted by atomic mass is 32.2. The number of nitrogens with zero attached hydrogens (tertiary/aromatic N) is 2. The molecule has 2 aliphatic rings. The van der Waals surface area contributed by atoms with Gasteiger partial charge in [0, 0.05) is 12.6 Å². The Morgan fingerprint density at radius 2 is 1.75 bits per heavy atom. The summed E-state index contributed by atoms with van der Waals surface area (Å²) in [6.45, 7) is 4.31. The van der Waals surface area contributed by atoms with E-state index in [9.17, 15) is 4.79 Å². The van der Waals surface area contributed by atoms with Gasteiger partial charge in [0.05, 0.1) is 20.0 Å². The molecule has 0 radical (unpaired) electrons. The smallest absolute Gasteiger partial charge is 0.233 e. The van der Waals surface area contributed by atoms with Gasteiger partial charge in [0.15, 0.2) is 0 Å². The molecule has 1 unspecified atom stereocenters. The average molecular weight is 350 g/mol. The summed E-state index contributed by atoms with van der Waals surface area (Å²) in [7, 11) is 3.30. The lowest BCUT2D eigenvalue weighted by molar-refractivity contribution is -0.128. The van der Waals surface area contributed by atoms with Gasteiger partial charge in [0.1, 0.15) is 16.9 Å². The number of benzene rings is 1. The number of carbonyl (C=O) groups excluding carboxylic acids is 1. The lowest BCUT2D eigenvalue weighted by Gasteiger charge is -2.26. The SMILES string of the molecule is COc1cc(OC)cc(C2SCC(=O)N2CCCN2CCCC2)c1. The molecule has 1 atom stereocenters. The predicted octanol–water partition coefficient (Wildman–Crippen LogP) is 2.76. The standard InChI is InChI=1S/C18H26N2O3S/c1-22-15-10-14(11-16(12-15)23-2)18-20(17(21)13-24-18)9-5-8-19-6-3-4-7-19/h10-12,18H,3-9,13H2,1-2H3. The van der Waals surface area contributed by atoms with Crippen molar-refractivity contribution in [3.05, 3.63) is 23.8 Å². The van der Waals surface area contributed by atoms with Crippen molar-refractivity contribution in [3.8, 4) is 11.5 Å². The fourth-order valence-corrected chi connectivity index (χ4v) is 4.61. The van der Waals surface area contributed by atoms with Gasteiger partial charge in [-0.15, -0.1) is 11.8 Å². The van der Waals surface area contributed by atoms with E-state index in [1.165, 1.54) is 25.9 Å². The minimum atomic E-state index is 0.0556. The Labute approximate surface area is 148 Å². The van der Waals surface area contributed by atoms with Gasteiger partial charge >= 0.3 is 0 Å². The van der Waals surface area contributed by atoms with Gasteiger partial charge in [-0.05, 0) is 56.6 Å². The van der Waals surface area contributed by atoms with E-state index in [4.69, 9.17) is 9.47 Å². The maximum atomic E-state index is 12.3. The zero-order valence-electron chi connectivity index (χ0n) is 14.5. The normalized spacial score (nSPS) is 21.5. The number of rotatable bonds is 7. The van der Waals surface area contributed by atoms with Crippen molar-refractivity contribution in [3.63, 3.8) is 0 Å². The fraction of sp³-hybridized carbons (Fsp3) is 0.611. The van der Waals surface area contributed by atoms with Crippen LogP contribution >= 0.6 is 11.8 Å². The molecule has 0 spiro atoms. The van der Waals surface area contributed by atoms with E-state index >= 15 is 0 Å². The molecule has 1 aromatic carbocycles. The van der Waals surface area contributed by atoms with E-state index in [0.717, 1.165) is 36.6 Å². The average Bonchev–Trinajstić information content (AvgIpc) is 3.25. The number of hydrogen-bond donors (Lipinski definition) is 0. The van der Waals surface area contributed by atoms with Gasteiger partial charge in [-0.3, -0.25) is 4.79 Å². The fourth-order valence-electron chi connectivity index (χ4n) is 3.41. The molecule has 6 heteroatoms. The summed E-state index contributed by atoms with van der Waals surface area (Å²) in [6.07, 6.45) is 3.65. The van der Waals surface area contributed by atoms with Gasteiger partial charge in [-0.1, -0.05) is 0 Å². The minimum absolute atomic E-state index is 0.0556. The molecule has 0 N–H and O–H groups in total. The second-order valence-electron chi connectivity index (χ2n) is 6.30. The molecule has 2 heterocycles. The number of carbonyl (C=O) groups is 1. The third kappa shape index (κ3) is 3.98. The Balaban J connectivity index is 1.67. The van der Waals surface area contributed by atoms with Gasteiger partial charge in [-0.2, -0.15) is 0 Å². The van der Waals surface area contributed by atoms with Crippen LogP contribution in [0.4, 0.5) is 0 Å². The maximum Gasteiger partial charge on any atom is 0.233 e. The van der Waals surface area contributed by atoms with Gasteiger partial charge in [0.25, 0.3) is 0 Å². The molecule has 2 saturated heterocycles. The number of thioether (sulfide) groups is 1. The van der Waals surface area contributed by atoms with Crippen LogP contribution in [0.1, 0.15) is 30.2 Å². The first-order valence-corrected chi connectivity index (χ1v) is 9.62. The second-order valence-corrected chi connectivity index (χ2v) is 7.37. The number of hydrogen-bond acceptors (Lipinski definition) is 5. The third-order valence-corrected chi connectivity index (χ3v) is 5.96. The number of methoxy groups -OCH3 is 2. The zero-order chi connectivity index (χ0) is 16.9. The molecule has 5 nitrogen and oxygen atoms in total. The number of ether oxygens (including phenoxy) is 2. The van der Waals surface area contributed by atoms with Crippen molar-refractivity contribution in [2.75, 3.05) is 46.2 Å². The van der Waals surface area contributed by atoms with Crippen molar-refractivity contribution in [1.29, 1.82) is 0 Å². The van der Waals surface area contributed by atoms with E-state index in [2.05, 4.69) is 4.90 Å². The number of amides is 1. The Morgan fingerprint density at radius 3 is 2.38 bits per heavy atom. The Kier molecular flexibility index (Phi) is 5.89. The number of likely N-dealkylation sites (tertiary alicyclic amines) is 1. The van der Waals surface area contributed by atoms with Crippen LogP contribution in [0.5, 0.6) is 11.5 Å². The van der Waals surface area contributed by atoms with Crippen LogP contribution in [0.25, 0.3) is 0 Å². The van der Waals surface area contributed by atoms with Gasteiger partial charge in [-0.25, -0.2) is 0 Å². The molecule has 0 aliphatic carbocycles. The highest BCUT2D eigenvalue weighted by Crippen LogP contribution is 2.41. The molecule has 3 rings (SSSR count). The highest BCUT2D eigenvalue weighted by molar-refractivity contribution is 8.00. The van der Waals surface area contributed by atoms with E-state index < -0.39 is 0 Å². The highest BCUT2D eigenvalue weighted by Gasteiger charge is 2.33. The Bertz CT molecular complexity index is 553. The van der Waals surface area contributed by atoms with Crippen molar-refractivity contribution < 1.29 is 14.3 Å². The Hall–Kier alpha value is -1.40. The summed E-state index contributed by atoms with van der Waals surface area (Å²) in [5.41, 5.74) is 1.07. The molecule has 24 heavy (non-hydrogen) atoms. The largest absolute Gasteiger partial charge is 0.497 e. The van der Waals surface area contributed by atoms with E-state index in [1.807, 2.05) is 23.1 Å². The van der Waals surface area contributed by atoms with E-state index in [0.29, 0.717) is 5.75 Å². The quantitative estimate of drug-likeness (QED) is 0.756. The molecule has 2 aliphatic heterocycles. The predicted molar refractivity (Wildman–Crippen MR) is 96.7 cm³/mol. The lowest BCUT2D eigenvalue weighted by atomic mass is 10.1. The zero-order valence-corrected chi connectivity index (χ0v) is 15.3. The molecular weight excluding hydrogens is 324 g/mol. The molecule has 0 aromatic heterocycles. The van der Waals surface area contributed by atoms with E-state index in [1.54, 1.807) is 26.0 Å². The summed E-state index contributed by atoms with van der Waals surface area (Å²) < 4.78 is 10.7. The maximum absolute atomic E-state index is 12.3. The van der Waals surface area contributed by atoms with Gasteiger partial charge in [0.2, 0.25) is 5.91 Å². The molecule has 2 fully saturated rings. The van der Waals surface area contributed by atoms with Crippen molar-refractivity contribution in [2.45, 2.75) is 24.6 Å². The summed E-state index contributed by atoms with van der Waals surface area (Å²) in [5, 5.41) is 0.0556. The van der Waals surface area contributed by atoms with Crippen molar-refractivity contribution in [2.24, 2.45) is 0 Å². The summed E-state index contributed by atoms with van der Waals surface area (Å²) in [4.78, 5) is 16.8. The van der Waals surface area contributed by atoms with Crippen molar-refractivity contribution >= 4 is 17.7 Å². The van der Waals surface area contributed by atoms with Crippen LogP contribution in [-0.2, 0) is 4.79 Å². The molecule has 1 aromatic rings. The molecule has 1 amide bonds. The lowest BCUT2D eigenvalue weighted by Crippen LogP contribution is -2.32. The summed E-state index contributed by atoms with van der Waals surface area (Å²) in [6, 6.07) is 5.88.